The Kier molecular flexibility index (Phi) is 4.23. The minimum Gasteiger partial charge on any atom is -0.370 e. The van der Waals surface area contributed by atoms with Crippen molar-refractivity contribution in [1.29, 1.82) is 0 Å². The Bertz CT molecular complexity index is 972. The standard InChI is InChI=1S/C19H17ClN4/c1-11-5-3-4-6-14(11)18-16-9-13(12(2)24-19(21)22)7-8-15(16)17(20)10-23-18/h3-10H,2H2,1H3,(H4,21,22,24). The molecular formula is C19H17ClN4. The number of hydrogen-bond acceptors (Lipinski definition) is 2. The number of guanidine groups is 1. The van der Waals surface area contributed by atoms with Crippen LogP contribution in [0.2, 0.25) is 5.02 Å². The molecule has 24 heavy (non-hydrogen) atoms. The molecule has 0 fully saturated rings. The van der Waals surface area contributed by atoms with Crippen molar-refractivity contribution in [2.45, 2.75) is 6.92 Å². The van der Waals surface area contributed by atoms with Crippen molar-refractivity contribution in [3.05, 3.63) is 71.4 Å². The maximum absolute atomic E-state index is 6.32. The van der Waals surface area contributed by atoms with Crippen LogP contribution < -0.4 is 11.5 Å². The van der Waals surface area contributed by atoms with Crippen LogP contribution in [0.15, 0.2) is 60.2 Å². The SMILES string of the molecule is C=C(N=C(N)N)c1ccc2c(Cl)cnc(-c3ccccc3C)c2c1. The van der Waals surface area contributed by atoms with Crippen LogP contribution in [0.4, 0.5) is 0 Å². The molecule has 0 aliphatic heterocycles. The molecule has 1 heterocycles. The third kappa shape index (κ3) is 2.96. The van der Waals surface area contributed by atoms with E-state index >= 15 is 0 Å². The Labute approximate surface area is 145 Å². The minimum absolute atomic E-state index is 0.0246. The van der Waals surface area contributed by atoms with Crippen molar-refractivity contribution in [3.63, 3.8) is 0 Å². The van der Waals surface area contributed by atoms with Crippen LogP contribution in [0.5, 0.6) is 0 Å². The molecule has 3 aromatic rings. The Morgan fingerprint density at radius 1 is 1.12 bits per heavy atom. The first-order valence-electron chi connectivity index (χ1n) is 7.40. The van der Waals surface area contributed by atoms with Gasteiger partial charge in [0.05, 0.1) is 16.4 Å². The Morgan fingerprint density at radius 2 is 1.88 bits per heavy atom. The van der Waals surface area contributed by atoms with E-state index in [0.717, 1.165) is 33.2 Å². The largest absolute Gasteiger partial charge is 0.370 e. The molecule has 5 heteroatoms. The first-order valence-corrected chi connectivity index (χ1v) is 7.78. The highest BCUT2D eigenvalue weighted by Crippen LogP contribution is 2.34. The highest BCUT2D eigenvalue weighted by atomic mass is 35.5. The molecule has 0 spiro atoms. The summed E-state index contributed by atoms with van der Waals surface area (Å²) in [4.78, 5) is 8.57. The fraction of sp³-hybridized carbons (Fsp3) is 0.0526. The molecule has 2 aromatic carbocycles. The number of aromatic nitrogens is 1. The van der Waals surface area contributed by atoms with Crippen molar-refractivity contribution >= 4 is 34.0 Å². The molecule has 1 aromatic heterocycles. The normalized spacial score (nSPS) is 10.6. The second-order valence-corrected chi connectivity index (χ2v) is 5.92. The molecule has 0 bridgehead atoms. The van der Waals surface area contributed by atoms with Gasteiger partial charge in [0.1, 0.15) is 0 Å². The van der Waals surface area contributed by atoms with E-state index in [1.165, 1.54) is 0 Å². The van der Waals surface area contributed by atoms with E-state index in [1.807, 2.05) is 36.4 Å². The summed E-state index contributed by atoms with van der Waals surface area (Å²) in [5.41, 5.74) is 15.3. The molecule has 0 aliphatic rings. The lowest BCUT2D eigenvalue weighted by atomic mass is 9.98. The van der Waals surface area contributed by atoms with Gasteiger partial charge in [-0.2, -0.15) is 0 Å². The van der Waals surface area contributed by atoms with Crippen LogP contribution >= 0.6 is 11.6 Å². The van der Waals surface area contributed by atoms with Gasteiger partial charge < -0.3 is 11.5 Å². The van der Waals surface area contributed by atoms with Gasteiger partial charge in [0.15, 0.2) is 5.96 Å². The number of aryl methyl sites for hydroxylation is 1. The van der Waals surface area contributed by atoms with Crippen molar-refractivity contribution in [1.82, 2.24) is 4.98 Å². The fourth-order valence-electron chi connectivity index (χ4n) is 2.66. The van der Waals surface area contributed by atoms with Crippen LogP contribution in [-0.4, -0.2) is 10.9 Å². The lowest BCUT2D eigenvalue weighted by Gasteiger charge is -2.11. The average molecular weight is 337 g/mol. The summed E-state index contributed by atoms with van der Waals surface area (Å²) in [5, 5.41) is 2.45. The molecule has 0 unspecified atom stereocenters. The van der Waals surface area contributed by atoms with E-state index < -0.39 is 0 Å². The van der Waals surface area contributed by atoms with Crippen molar-refractivity contribution in [3.8, 4) is 11.3 Å². The lowest BCUT2D eigenvalue weighted by Crippen LogP contribution is -2.22. The second kappa shape index (κ2) is 6.34. The zero-order valence-electron chi connectivity index (χ0n) is 13.3. The van der Waals surface area contributed by atoms with Gasteiger partial charge in [0.25, 0.3) is 0 Å². The number of rotatable bonds is 3. The quantitative estimate of drug-likeness (QED) is 0.558. The first kappa shape index (κ1) is 16.0. The van der Waals surface area contributed by atoms with E-state index in [1.54, 1.807) is 6.20 Å². The molecule has 0 saturated carbocycles. The van der Waals surface area contributed by atoms with Gasteiger partial charge in [-0.05, 0) is 18.6 Å². The average Bonchev–Trinajstić information content (AvgIpc) is 2.55. The maximum atomic E-state index is 6.32. The van der Waals surface area contributed by atoms with Gasteiger partial charge >= 0.3 is 0 Å². The van der Waals surface area contributed by atoms with Gasteiger partial charge in [-0.15, -0.1) is 0 Å². The molecule has 3 rings (SSSR count). The van der Waals surface area contributed by atoms with Gasteiger partial charge in [-0.3, -0.25) is 4.98 Å². The first-order chi connectivity index (χ1) is 11.5. The zero-order valence-corrected chi connectivity index (χ0v) is 14.0. The van der Waals surface area contributed by atoms with Crippen LogP contribution in [-0.2, 0) is 0 Å². The van der Waals surface area contributed by atoms with Gasteiger partial charge in [0.2, 0.25) is 0 Å². The van der Waals surface area contributed by atoms with Crippen molar-refractivity contribution in [2.75, 3.05) is 0 Å². The summed E-state index contributed by atoms with van der Waals surface area (Å²) in [6.07, 6.45) is 1.68. The van der Waals surface area contributed by atoms with E-state index in [0.29, 0.717) is 10.7 Å². The summed E-state index contributed by atoms with van der Waals surface area (Å²) in [5.74, 6) is -0.0246. The molecule has 4 nitrogen and oxygen atoms in total. The Morgan fingerprint density at radius 3 is 2.58 bits per heavy atom. The van der Waals surface area contributed by atoms with Crippen LogP contribution in [0.3, 0.4) is 0 Å². The smallest absolute Gasteiger partial charge is 0.191 e. The highest BCUT2D eigenvalue weighted by molar-refractivity contribution is 6.35. The second-order valence-electron chi connectivity index (χ2n) is 5.51. The monoisotopic (exact) mass is 336 g/mol. The molecule has 4 N–H and O–H groups in total. The number of pyridine rings is 1. The molecule has 0 aliphatic carbocycles. The zero-order chi connectivity index (χ0) is 17.3. The summed E-state index contributed by atoms with van der Waals surface area (Å²) < 4.78 is 0. The maximum Gasteiger partial charge on any atom is 0.191 e. The number of halogens is 1. The topological polar surface area (TPSA) is 77.3 Å². The van der Waals surface area contributed by atoms with Crippen LogP contribution in [0.1, 0.15) is 11.1 Å². The Balaban J connectivity index is 2.27. The van der Waals surface area contributed by atoms with Gasteiger partial charge in [0, 0.05) is 28.1 Å². The van der Waals surface area contributed by atoms with Gasteiger partial charge in [-0.25, -0.2) is 4.99 Å². The predicted molar refractivity (Wildman–Crippen MR) is 102 cm³/mol. The highest BCUT2D eigenvalue weighted by Gasteiger charge is 2.12. The third-order valence-corrected chi connectivity index (χ3v) is 4.14. The van der Waals surface area contributed by atoms with Crippen LogP contribution in [0, 0.1) is 6.92 Å². The van der Waals surface area contributed by atoms with Crippen molar-refractivity contribution in [2.24, 2.45) is 16.5 Å². The number of fused-ring (bicyclic) bond motifs is 1. The molecule has 0 atom stereocenters. The van der Waals surface area contributed by atoms with Crippen LogP contribution in [0.25, 0.3) is 27.7 Å². The molecule has 0 amide bonds. The number of benzene rings is 2. The number of nitrogens with zero attached hydrogens (tertiary/aromatic N) is 2. The summed E-state index contributed by atoms with van der Waals surface area (Å²) in [6, 6.07) is 13.9. The number of aliphatic imine (C=N–C) groups is 1. The van der Waals surface area contributed by atoms with E-state index in [4.69, 9.17) is 23.1 Å². The van der Waals surface area contributed by atoms with Gasteiger partial charge in [-0.1, -0.05) is 54.6 Å². The molecule has 120 valence electrons. The number of nitrogens with two attached hydrogens (primary N) is 2. The summed E-state index contributed by atoms with van der Waals surface area (Å²) in [6.45, 7) is 5.97. The molecule has 0 radical (unpaired) electrons. The summed E-state index contributed by atoms with van der Waals surface area (Å²) >= 11 is 6.32. The van der Waals surface area contributed by atoms with E-state index in [-0.39, 0.29) is 5.96 Å². The summed E-state index contributed by atoms with van der Waals surface area (Å²) in [7, 11) is 0. The van der Waals surface area contributed by atoms with E-state index in [9.17, 15) is 0 Å². The minimum atomic E-state index is -0.0246. The number of hydrogen-bond donors (Lipinski definition) is 2. The molecular weight excluding hydrogens is 320 g/mol. The van der Waals surface area contributed by atoms with Crippen molar-refractivity contribution < 1.29 is 0 Å². The third-order valence-electron chi connectivity index (χ3n) is 3.84. The van der Waals surface area contributed by atoms with E-state index in [2.05, 4.69) is 29.5 Å². The predicted octanol–water partition coefficient (Wildman–Crippen LogP) is 4.11. The lowest BCUT2D eigenvalue weighted by molar-refractivity contribution is 1.33. The Hall–Kier alpha value is -2.85. The molecule has 0 saturated heterocycles. The fourth-order valence-corrected chi connectivity index (χ4v) is 2.88.